The molecule has 9 heteroatoms. The Morgan fingerprint density at radius 3 is 2.80 bits per heavy atom. The van der Waals surface area contributed by atoms with Crippen LogP contribution in [-0.2, 0) is 20.1 Å². The molecule has 0 spiro atoms. The molecule has 2 aromatic rings. The monoisotopic (exact) mass is 450 g/mol. The summed E-state index contributed by atoms with van der Waals surface area (Å²) in [6.45, 7) is -0.0580. The van der Waals surface area contributed by atoms with Gasteiger partial charge in [-0.3, -0.25) is 4.79 Å². The van der Waals surface area contributed by atoms with Gasteiger partial charge in [0.05, 0.1) is 36.5 Å². The van der Waals surface area contributed by atoms with Gasteiger partial charge >= 0.3 is 5.97 Å². The first-order valence-corrected chi connectivity index (χ1v) is 10.5. The molecule has 2 aromatic carbocycles. The Bertz CT molecular complexity index is 999. The number of methoxy groups -OCH3 is 1. The van der Waals surface area contributed by atoms with Gasteiger partial charge in [0.25, 0.3) is 5.91 Å². The molecule has 0 aliphatic carbocycles. The zero-order valence-electron chi connectivity index (χ0n) is 16.2. The molecule has 1 amide bonds. The topological polar surface area (TPSA) is 78.9 Å². The van der Waals surface area contributed by atoms with Crippen molar-refractivity contribution in [2.24, 2.45) is 0 Å². The summed E-state index contributed by atoms with van der Waals surface area (Å²) in [5, 5.41) is 12.3. The number of aliphatic hydroxyl groups is 1. The van der Waals surface area contributed by atoms with E-state index in [0.717, 1.165) is 4.90 Å². The van der Waals surface area contributed by atoms with Gasteiger partial charge in [0, 0.05) is 17.2 Å². The third-order valence-electron chi connectivity index (χ3n) is 4.52. The van der Waals surface area contributed by atoms with Crippen molar-refractivity contribution in [1.82, 2.24) is 4.90 Å². The summed E-state index contributed by atoms with van der Waals surface area (Å²) in [5.41, 5.74) is 1.36. The Morgan fingerprint density at radius 1 is 1.30 bits per heavy atom. The third-order valence-corrected chi connectivity index (χ3v) is 5.93. The highest BCUT2D eigenvalue weighted by atomic mass is 35.5. The summed E-state index contributed by atoms with van der Waals surface area (Å²) >= 11 is 7.22. The molecular formula is C21H20ClFN2O4S. The van der Waals surface area contributed by atoms with Crippen LogP contribution in [0.1, 0.15) is 5.56 Å². The van der Waals surface area contributed by atoms with Gasteiger partial charge in [-0.05, 0) is 23.8 Å². The van der Waals surface area contributed by atoms with Gasteiger partial charge < -0.3 is 20.1 Å². The van der Waals surface area contributed by atoms with E-state index in [4.69, 9.17) is 16.3 Å². The lowest BCUT2D eigenvalue weighted by atomic mass is 10.2. The van der Waals surface area contributed by atoms with Crippen LogP contribution in [0.5, 0.6) is 0 Å². The number of carbonyl (C=O) groups excluding carboxylic acids is 2. The van der Waals surface area contributed by atoms with Crippen molar-refractivity contribution in [3.05, 3.63) is 70.1 Å². The van der Waals surface area contributed by atoms with E-state index < -0.39 is 17.7 Å². The largest absolute Gasteiger partial charge is 0.466 e. The summed E-state index contributed by atoms with van der Waals surface area (Å²) in [6.07, 6.45) is 0. The molecule has 0 aromatic heterocycles. The molecule has 0 unspecified atom stereocenters. The van der Waals surface area contributed by atoms with E-state index in [9.17, 15) is 19.1 Å². The van der Waals surface area contributed by atoms with Crippen LogP contribution in [0.4, 0.5) is 10.1 Å². The van der Waals surface area contributed by atoms with Gasteiger partial charge in [0.1, 0.15) is 11.5 Å². The molecule has 0 radical (unpaired) electrons. The normalized spacial score (nSPS) is 13.7. The number of nitrogens with zero attached hydrogens (tertiary/aromatic N) is 1. The van der Waals surface area contributed by atoms with E-state index in [1.807, 2.05) is 12.1 Å². The minimum atomic E-state index is -0.613. The maximum absolute atomic E-state index is 14.2. The SMILES string of the molecule is COC(=O)C1=C(Nc2ccccc2SCc2cccc(Cl)c2F)C(=O)N(CCO)C1. The van der Waals surface area contributed by atoms with E-state index in [0.29, 0.717) is 17.0 Å². The van der Waals surface area contributed by atoms with E-state index in [1.54, 1.807) is 24.3 Å². The van der Waals surface area contributed by atoms with E-state index in [1.165, 1.54) is 29.8 Å². The van der Waals surface area contributed by atoms with Crippen LogP contribution in [0.15, 0.2) is 58.6 Å². The number of β-amino-alcohol motifs (C(OH)–C–C–N with tert-alkyl or cyclic N) is 1. The predicted molar refractivity (Wildman–Crippen MR) is 114 cm³/mol. The van der Waals surface area contributed by atoms with Gasteiger partial charge in [-0.2, -0.15) is 0 Å². The first kappa shape index (κ1) is 22.1. The second-order valence-electron chi connectivity index (χ2n) is 6.42. The number of esters is 1. The highest BCUT2D eigenvalue weighted by molar-refractivity contribution is 7.98. The van der Waals surface area contributed by atoms with Crippen molar-refractivity contribution in [3.8, 4) is 0 Å². The predicted octanol–water partition coefficient (Wildman–Crippen LogP) is 3.44. The van der Waals surface area contributed by atoms with Crippen LogP contribution in [0, 0.1) is 5.82 Å². The molecule has 0 saturated carbocycles. The van der Waals surface area contributed by atoms with Gasteiger partial charge in [0.2, 0.25) is 0 Å². The number of aliphatic hydroxyl groups excluding tert-OH is 1. The van der Waals surface area contributed by atoms with Crippen molar-refractivity contribution in [2.45, 2.75) is 10.6 Å². The zero-order valence-corrected chi connectivity index (χ0v) is 17.7. The molecule has 6 nitrogen and oxygen atoms in total. The molecule has 0 atom stereocenters. The fourth-order valence-corrected chi connectivity index (χ4v) is 4.17. The molecule has 1 aliphatic heterocycles. The number of thioether (sulfide) groups is 1. The lowest BCUT2D eigenvalue weighted by molar-refractivity contribution is -0.136. The summed E-state index contributed by atoms with van der Waals surface area (Å²) in [6, 6.07) is 12.0. The van der Waals surface area contributed by atoms with E-state index in [-0.39, 0.29) is 36.0 Å². The van der Waals surface area contributed by atoms with Crippen LogP contribution >= 0.6 is 23.4 Å². The average Bonchev–Trinajstić information content (AvgIpc) is 3.05. The summed E-state index contributed by atoms with van der Waals surface area (Å²) < 4.78 is 19.0. The van der Waals surface area contributed by atoms with Crippen molar-refractivity contribution in [3.63, 3.8) is 0 Å². The fourth-order valence-electron chi connectivity index (χ4n) is 2.99. The zero-order chi connectivity index (χ0) is 21.7. The third kappa shape index (κ3) is 4.77. The second-order valence-corrected chi connectivity index (χ2v) is 7.84. The fraction of sp³-hybridized carbons (Fsp3) is 0.238. The van der Waals surface area contributed by atoms with Crippen LogP contribution in [0.3, 0.4) is 0 Å². The number of anilines is 1. The molecule has 1 aliphatic rings. The molecule has 30 heavy (non-hydrogen) atoms. The number of ether oxygens (including phenoxy) is 1. The molecular weight excluding hydrogens is 431 g/mol. The number of hydrogen-bond donors (Lipinski definition) is 2. The number of hydrogen-bond acceptors (Lipinski definition) is 6. The molecule has 158 valence electrons. The van der Waals surface area contributed by atoms with Crippen LogP contribution in [-0.4, -0.2) is 48.7 Å². The number of para-hydroxylation sites is 1. The first-order valence-electron chi connectivity index (χ1n) is 9.09. The Hall–Kier alpha value is -2.55. The molecule has 0 fully saturated rings. The average molecular weight is 451 g/mol. The van der Waals surface area contributed by atoms with Gasteiger partial charge in [-0.25, -0.2) is 9.18 Å². The minimum Gasteiger partial charge on any atom is -0.466 e. The maximum atomic E-state index is 14.2. The van der Waals surface area contributed by atoms with Crippen molar-refractivity contribution in [2.75, 3.05) is 32.1 Å². The Morgan fingerprint density at radius 2 is 2.07 bits per heavy atom. The summed E-state index contributed by atoms with van der Waals surface area (Å²) in [7, 11) is 1.25. The first-order chi connectivity index (χ1) is 14.5. The van der Waals surface area contributed by atoms with Gasteiger partial charge in [-0.15, -0.1) is 11.8 Å². The highest BCUT2D eigenvalue weighted by Gasteiger charge is 2.34. The summed E-state index contributed by atoms with van der Waals surface area (Å²) in [5.74, 6) is -1.14. The standard InChI is InChI=1S/C21H20ClFN2O4S/c1-29-21(28)14-11-25(9-10-26)20(27)19(14)24-16-7-2-3-8-17(16)30-12-13-5-4-6-15(22)18(13)23/h2-8,24,26H,9-12H2,1H3. The number of carbonyl (C=O) groups is 2. The second kappa shape index (κ2) is 9.97. The minimum absolute atomic E-state index is 0.0530. The van der Waals surface area contributed by atoms with Crippen LogP contribution in [0.2, 0.25) is 5.02 Å². The molecule has 3 rings (SSSR count). The Balaban J connectivity index is 1.85. The number of benzene rings is 2. The quantitative estimate of drug-likeness (QED) is 0.474. The van der Waals surface area contributed by atoms with Crippen molar-refractivity contribution >= 4 is 40.9 Å². The van der Waals surface area contributed by atoms with Crippen LogP contribution < -0.4 is 5.32 Å². The van der Waals surface area contributed by atoms with Gasteiger partial charge in [-0.1, -0.05) is 35.9 Å². The lowest BCUT2D eigenvalue weighted by Gasteiger charge is -2.16. The molecule has 1 heterocycles. The van der Waals surface area contributed by atoms with Crippen molar-refractivity contribution < 1.29 is 23.8 Å². The van der Waals surface area contributed by atoms with Gasteiger partial charge in [0.15, 0.2) is 0 Å². The lowest BCUT2D eigenvalue weighted by Crippen LogP contribution is -2.31. The van der Waals surface area contributed by atoms with E-state index in [2.05, 4.69) is 5.32 Å². The number of amides is 1. The van der Waals surface area contributed by atoms with E-state index >= 15 is 0 Å². The Kier molecular flexibility index (Phi) is 7.36. The molecule has 0 bridgehead atoms. The maximum Gasteiger partial charge on any atom is 0.337 e. The Labute approximate surface area is 182 Å². The van der Waals surface area contributed by atoms with Crippen molar-refractivity contribution in [1.29, 1.82) is 0 Å². The summed E-state index contributed by atoms with van der Waals surface area (Å²) in [4.78, 5) is 27.0. The molecule has 2 N–H and O–H groups in total. The number of rotatable bonds is 8. The number of nitrogens with one attached hydrogen (secondary N) is 1. The number of halogens is 2. The van der Waals surface area contributed by atoms with Crippen LogP contribution in [0.25, 0.3) is 0 Å². The molecule has 0 saturated heterocycles. The highest BCUT2D eigenvalue weighted by Crippen LogP contribution is 2.33. The smallest absolute Gasteiger partial charge is 0.337 e.